The summed E-state index contributed by atoms with van der Waals surface area (Å²) in [6.45, 7) is 7.01. The fraction of sp³-hybridized carbons (Fsp3) is 0.562. The van der Waals surface area contributed by atoms with E-state index in [-0.39, 0.29) is 11.9 Å². The van der Waals surface area contributed by atoms with Crippen molar-refractivity contribution in [2.45, 2.75) is 52.1 Å². The van der Waals surface area contributed by atoms with Gasteiger partial charge in [-0.25, -0.2) is 0 Å². The molecule has 0 radical (unpaired) electrons. The standard InChI is InChI=1S/C16H24N2O/c1-11-4-5-12(2)15(10-11)13(3)18-16(19)8-9-17-14-6-7-14/h4-5,10,13-14,17H,6-9H2,1-3H3,(H,18,19). The number of aryl methyl sites for hydroxylation is 2. The maximum absolute atomic E-state index is 11.9. The van der Waals surface area contributed by atoms with E-state index in [4.69, 9.17) is 0 Å². The molecule has 104 valence electrons. The molecular formula is C16H24N2O. The Hall–Kier alpha value is -1.35. The van der Waals surface area contributed by atoms with Crippen LogP contribution in [0.25, 0.3) is 0 Å². The van der Waals surface area contributed by atoms with Crippen LogP contribution in [0.2, 0.25) is 0 Å². The molecule has 1 aliphatic carbocycles. The Morgan fingerprint density at radius 2 is 2.11 bits per heavy atom. The third-order valence-electron chi connectivity index (χ3n) is 3.64. The van der Waals surface area contributed by atoms with E-state index < -0.39 is 0 Å². The van der Waals surface area contributed by atoms with Gasteiger partial charge in [0, 0.05) is 19.0 Å². The molecule has 3 nitrogen and oxygen atoms in total. The Morgan fingerprint density at radius 1 is 1.37 bits per heavy atom. The summed E-state index contributed by atoms with van der Waals surface area (Å²) in [5.74, 6) is 0.126. The number of rotatable bonds is 6. The molecule has 2 rings (SSSR count). The molecule has 0 saturated heterocycles. The van der Waals surface area contributed by atoms with Gasteiger partial charge in [-0.15, -0.1) is 0 Å². The Kier molecular flexibility index (Phi) is 4.59. The number of hydrogen-bond acceptors (Lipinski definition) is 2. The van der Waals surface area contributed by atoms with Crippen molar-refractivity contribution in [2.24, 2.45) is 0 Å². The predicted octanol–water partition coefficient (Wildman–Crippen LogP) is 2.62. The van der Waals surface area contributed by atoms with Gasteiger partial charge in [0.05, 0.1) is 6.04 Å². The number of carbonyl (C=O) groups excluding carboxylic acids is 1. The van der Waals surface area contributed by atoms with Crippen molar-refractivity contribution in [1.29, 1.82) is 0 Å². The molecule has 0 spiro atoms. The van der Waals surface area contributed by atoms with Gasteiger partial charge in [-0.2, -0.15) is 0 Å². The lowest BCUT2D eigenvalue weighted by Gasteiger charge is -2.17. The second-order valence-electron chi connectivity index (χ2n) is 5.63. The van der Waals surface area contributed by atoms with Crippen LogP contribution in [0.15, 0.2) is 18.2 Å². The van der Waals surface area contributed by atoms with Crippen LogP contribution in [-0.4, -0.2) is 18.5 Å². The van der Waals surface area contributed by atoms with Crippen molar-refractivity contribution in [3.05, 3.63) is 34.9 Å². The summed E-state index contributed by atoms with van der Waals surface area (Å²) in [4.78, 5) is 11.9. The first kappa shape index (κ1) is 14.1. The lowest BCUT2D eigenvalue weighted by molar-refractivity contribution is -0.121. The van der Waals surface area contributed by atoms with Gasteiger partial charge in [0.15, 0.2) is 0 Å². The first-order valence-electron chi connectivity index (χ1n) is 7.16. The molecule has 1 amide bonds. The fourth-order valence-corrected chi connectivity index (χ4v) is 2.30. The highest BCUT2D eigenvalue weighted by molar-refractivity contribution is 5.76. The van der Waals surface area contributed by atoms with E-state index in [0.717, 1.165) is 6.54 Å². The zero-order valence-electron chi connectivity index (χ0n) is 12.1. The summed E-state index contributed by atoms with van der Waals surface area (Å²) < 4.78 is 0. The van der Waals surface area contributed by atoms with Gasteiger partial charge in [0.1, 0.15) is 0 Å². The first-order chi connectivity index (χ1) is 9.06. The lowest BCUT2D eigenvalue weighted by Crippen LogP contribution is -2.30. The number of amides is 1. The van der Waals surface area contributed by atoms with Crippen LogP contribution in [0, 0.1) is 13.8 Å². The van der Waals surface area contributed by atoms with Gasteiger partial charge in [-0.3, -0.25) is 4.79 Å². The van der Waals surface area contributed by atoms with Gasteiger partial charge < -0.3 is 10.6 Å². The quantitative estimate of drug-likeness (QED) is 0.825. The Labute approximate surface area is 115 Å². The molecule has 19 heavy (non-hydrogen) atoms. The topological polar surface area (TPSA) is 41.1 Å². The molecule has 0 aromatic heterocycles. The molecule has 1 atom stereocenters. The number of benzene rings is 1. The molecule has 2 N–H and O–H groups in total. The third-order valence-corrected chi connectivity index (χ3v) is 3.64. The fourth-order valence-electron chi connectivity index (χ4n) is 2.30. The van der Waals surface area contributed by atoms with E-state index >= 15 is 0 Å². The van der Waals surface area contributed by atoms with Gasteiger partial charge >= 0.3 is 0 Å². The summed E-state index contributed by atoms with van der Waals surface area (Å²) in [5.41, 5.74) is 3.68. The van der Waals surface area contributed by atoms with Crippen molar-refractivity contribution in [3.8, 4) is 0 Å². The van der Waals surface area contributed by atoms with Crippen molar-refractivity contribution in [1.82, 2.24) is 10.6 Å². The molecule has 1 aliphatic rings. The zero-order chi connectivity index (χ0) is 13.8. The monoisotopic (exact) mass is 260 g/mol. The van der Waals surface area contributed by atoms with Crippen LogP contribution in [0.3, 0.4) is 0 Å². The molecule has 0 bridgehead atoms. The third kappa shape index (κ3) is 4.35. The molecule has 3 heteroatoms. The minimum atomic E-state index is 0.0772. The molecule has 1 unspecified atom stereocenters. The average Bonchev–Trinajstić information content (AvgIpc) is 3.16. The SMILES string of the molecule is Cc1ccc(C)c(C(C)NC(=O)CCNC2CC2)c1. The molecule has 1 saturated carbocycles. The number of carbonyl (C=O) groups is 1. The van der Waals surface area contributed by atoms with Crippen molar-refractivity contribution in [3.63, 3.8) is 0 Å². The predicted molar refractivity (Wildman–Crippen MR) is 78.1 cm³/mol. The van der Waals surface area contributed by atoms with Crippen LogP contribution in [0.4, 0.5) is 0 Å². The van der Waals surface area contributed by atoms with Crippen LogP contribution < -0.4 is 10.6 Å². The molecule has 0 heterocycles. The maximum Gasteiger partial charge on any atom is 0.221 e. The minimum absolute atomic E-state index is 0.0772. The molecule has 1 aromatic carbocycles. The van der Waals surface area contributed by atoms with Crippen LogP contribution >= 0.6 is 0 Å². The summed E-state index contributed by atoms with van der Waals surface area (Å²) in [6.07, 6.45) is 3.09. The molecule has 0 aliphatic heterocycles. The lowest BCUT2D eigenvalue weighted by atomic mass is 10.00. The van der Waals surface area contributed by atoms with Crippen molar-refractivity contribution in [2.75, 3.05) is 6.54 Å². The van der Waals surface area contributed by atoms with E-state index in [2.05, 4.69) is 42.7 Å². The maximum atomic E-state index is 11.9. The molecular weight excluding hydrogens is 236 g/mol. The summed E-state index contributed by atoms with van der Waals surface area (Å²) in [7, 11) is 0. The first-order valence-corrected chi connectivity index (χ1v) is 7.16. The second kappa shape index (κ2) is 6.20. The van der Waals surface area contributed by atoms with E-state index in [0.29, 0.717) is 12.5 Å². The van der Waals surface area contributed by atoms with Gasteiger partial charge in [-0.1, -0.05) is 23.8 Å². The highest BCUT2D eigenvalue weighted by atomic mass is 16.1. The highest BCUT2D eigenvalue weighted by Crippen LogP contribution is 2.19. The number of nitrogens with one attached hydrogen (secondary N) is 2. The van der Waals surface area contributed by atoms with E-state index in [1.165, 1.54) is 29.5 Å². The summed E-state index contributed by atoms with van der Waals surface area (Å²) >= 11 is 0. The average molecular weight is 260 g/mol. The normalized spacial score (nSPS) is 16.2. The van der Waals surface area contributed by atoms with Crippen LogP contribution in [-0.2, 0) is 4.79 Å². The zero-order valence-corrected chi connectivity index (χ0v) is 12.1. The minimum Gasteiger partial charge on any atom is -0.350 e. The molecule has 1 fully saturated rings. The van der Waals surface area contributed by atoms with Crippen molar-refractivity contribution < 1.29 is 4.79 Å². The van der Waals surface area contributed by atoms with Gasteiger partial charge in [-0.05, 0) is 44.7 Å². The van der Waals surface area contributed by atoms with E-state index in [1.807, 2.05) is 6.92 Å². The Balaban J connectivity index is 1.82. The number of hydrogen-bond donors (Lipinski definition) is 2. The molecule has 1 aromatic rings. The van der Waals surface area contributed by atoms with Gasteiger partial charge in [0.25, 0.3) is 0 Å². The van der Waals surface area contributed by atoms with Crippen LogP contribution in [0.5, 0.6) is 0 Å². The van der Waals surface area contributed by atoms with Crippen molar-refractivity contribution >= 4 is 5.91 Å². The smallest absolute Gasteiger partial charge is 0.221 e. The Bertz CT molecular complexity index is 452. The van der Waals surface area contributed by atoms with E-state index in [1.54, 1.807) is 0 Å². The second-order valence-corrected chi connectivity index (χ2v) is 5.63. The Morgan fingerprint density at radius 3 is 2.79 bits per heavy atom. The largest absolute Gasteiger partial charge is 0.350 e. The van der Waals surface area contributed by atoms with Crippen LogP contribution in [0.1, 0.15) is 48.9 Å². The van der Waals surface area contributed by atoms with Gasteiger partial charge in [0.2, 0.25) is 5.91 Å². The highest BCUT2D eigenvalue weighted by Gasteiger charge is 2.20. The summed E-state index contributed by atoms with van der Waals surface area (Å²) in [6, 6.07) is 7.12. The van der Waals surface area contributed by atoms with E-state index in [9.17, 15) is 4.79 Å². The summed E-state index contributed by atoms with van der Waals surface area (Å²) in [5, 5.41) is 6.44.